The number of hydrogen-bond donors (Lipinski definition) is 0. The number of rotatable bonds is 3. The molecule has 142 valence electrons. The monoisotopic (exact) mass is 384 g/mol. The number of anilines is 1. The maximum absolute atomic E-state index is 13.0. The van der Waals surface area contributed by atoms with Crippen LogP contribution in [-0.2, 0) is 16.4 Å². The second kappa shape index (κ2) is 7.09. The van der Waals surface area contributed by atoms with Gasteiger partial charge in [-0.1, -0.05) is 24.6 Å². The number of carbonyl (C=O) groups excluding carboxylic acids is 1. The first kappa shape index (κ1) is 18.2. The second-order valence-electron chi connectivity index (χ2n) is 7.35. The Morgan fingerprint density at radius 1 is 0.963 bits per heavy atom. The van der Waals surface area contributed by atoms with Gasteiger partial charge in [-0.3, -0.25) is 4.79 Å². The molecule has 0 spiro atoms. The first-order chi connectivity index (χ1) is 13.0. The van der Waals surface area contributed by atoms with Crippen molar-refractivity contribution in [3.63, 3.8) is 0 Å². The van der Waals surface area contributed by atoms with Gasteiger partial charge in [0.2, 0.25) is 10.0 Å². The minimum Gasteiger partial charge on any atom is -0.305 e. The zero-order valence-electron chi connectivity index (χ0n) is 15.5. The lowest BCUT2D eigenvalue weighted by atomic mass is 10.1. The summed E-state index contributed by atoms with van der Waals surface area (Å²) in [4.78, 5) is 15.1. The molecule has 0 aromatic heterocycles. The Balaban J connectivity index is 1.58. The summed E-state index contributed by atoms with van der Waals surface area (Å²) in [5, 5.41) is 0. The SMILES string of the molecule is C[C@@H]1Cc2ccccc2N1C(=O)c1ccc(S(=O)(=O)N2CCCCC2)cc1. The number of piperidine rings is 1. The third-order valence-corrected chi connectivity index (χ3v) is 7.39. The Labute approximate surface area is 160 Å². The van der Waals surface area contributed by atoms with Crippen LogP contribution in [0.25, 0.3) is 0 Å². The highest BCUT2D eigenvalue weighted by Crippen LogP contribution is 2.33. The van der Waals surface area contributed by atoms with E-state index < -0.39 is 10.0 Å². The fourth-order valence-electron chi connectivity index (χ4n) is 4.04. The molecule has 1 fully saturated rings. The van der Waals surface area contributed by atoms with Crippen LogP contribution in [-0.4, -0.2) is 37.8 Å². The summed E-state index contributed by atoms with van der Waals surface area (Å²) in [5.41, 5.74) is 2.62. The van der Waals surface area contributed by atoms with Crippen LogP contribution in [0.15, 0.2) is 53.4 Å². The van der Waals surface area contributed by atoms with Gasteiger partial charge in [0.25, 0.3) is 5.91 Å². The number of carbonyl (C=O) groups is 1. The predicted octanol–water partition coefficient (Wildman–Crippen LogP) is 3.45. The van der Waals surface area contributed by atoms with Crippen LogP contribution in [0.4, 0.5) is 5.69 Å². The highest BCUT2D eigenvalue weighted by molar-refractivity contribution is 7.89. The molecule has 0 saturated carbocycles. The molecule has 2 heterocycles. The molecule has 0 N–H and O–H groups in total. The van der Waals surface area contributed by atoms with E-state index >= 15 is 0 Å². The van der Waals surface area contributed by atoms with Crippen molar-refractivity contribution in [2.24, 2.45) is 0 Å². The van der Waals surface area contributed by atoms with E-state index in [1.54, 1.807) is 28.6 Å². The van der Waals surface area contributed by atoms with Crippen LogP contribution < -0.4 is 4.90 Å². The van der Waals surface area contributed by atoms with Gasteiger partial charge in [0.1, 0.15) is 0 Å². The smallest absolute Gasteiger partial charge is 0.258 e. The number of sulfonamides is 1. The quantitative estimate of drug-likeness (QED) is 0.814. The van der Waals surface area contributed by atoms with Gasteiger partial charge in [-0.05, 0) is 62.1 Å². The molecule has 5 nitrogen and oxygen atoms in total. The van der Waals surface area contributed by atoms with E-state index in [9.17, 15) is 13.2 Å². The predicted molar refractivity (Wildman–Crippen MR) is 105 cm³/mol. The van der Waals surface area contributed by atoms with Gasteiger partial charge in [0.05, 0.1) is 4.90 Å². The number of para-hydroxylation sites is 1. The van der Waals surface area contributed by atoms with Crippen molar-refractivity contribution in [1.82, 2.24) is 4.31 Å². The van der Waals surface area contributed by atoms with Crippen molar-refractivity contribution in [1.29, 1.82) is 0 Å². The average molecular weight is 385 g/mol. The maximum Gasteiger partial charge on any atom is 0.258 e. The minimum absolute atomic E-state index is 0.0885. The van der Waals surface area contributed by atoms with E-state index in [2.05, 4.69) is 0 Å². The Hall–Kier alpha value is -2.18. The Kier molecular flexibility index (Phi) is 4.78. The molecule has 1 atom stereocenters. The molecule has 0 bridgehead atoms. The third kappa shape index (κ3) is 3.28. The molecule has 1 saturated heterocycles. The van der Waals surface area contributed by atoms with Gasteiger partial charge in [0, 0.05) is 30.4 Å². The summed E-state index contributed by atoms with van der Waals surface area (Å²) in [5.74, 6) is -0.0885. The topological polar surface area (TPSA) is 57.7 Å². The summed E-state index contributed by atoms with van der Waals surface area (Å²) in [6.45, 7) is 3.18. The van der Waals surface area contributed by atoms with Crippen LogP contribution in [0.1, 0.15) is 42.1 Å². The van der Waals surface area contributed by atoms with E-state index in [0.717, 1.165) is 31.4 Å². The van der Waals surface area contributed by atoms with Crippen LogP contribution in [0.2, 0.25) is 0 Å². The van der Waals surface area contributed by atoms with Crippen LogP contribution in [0, 0.1) is 0 Å². The summed E-state index contributed by atoms with van der Waals surface area (Å²) >= 11 is 0. The van der Waals surface area contributed by atoms with Crippen molar-refractivity contribution in [3.8, 4) is 0 Å². The van der Waals surface area contributed by atoms with Gasteiger partial charge in [-0.2, -0.15) is 4.31 Å². The van der Waals surface area contributed by atoms with E-state index in [-0.39, 0.29) is 16.8 Å². The van der Waals surface area contributed by atoms with Crippen molar-refractivity contribution in [3.05, 3.63) is 59.7 Å². The summed E-state index contributed by atoms with van der Waals surface area (Å²) < 4.78 is 27.1. The molecule has 4 rings (SSSR count). The van der Waals surface area contributed by atoms with E-state index in [1.165, 1.54) is 5.56 Å². The molecule has 1 amide bonds. The molecule has 2 aliphatic heterocycles. The number of benzene rings is 2. The lowest BCUT2D eigenvalue weighted by Gasteiger charge is -2.26. The van der Waals surface area contributed by atoms with Crippen molar-refractivity contribution in [2.75, 3.05) is 18.0 Å². The fraction of sp³-hybridized carbons (Fsp3) is 0.381. The number of fused-ring (bicyclic) bond motifs is 1. The minimum atomic E-state index is -3.47. The van der Waals surface area contributed by atoms with Crippen molar-refractivity contribution < 1.29 is 13.2 Å². The lowest BCUT2D eigenvalue weighted by molar-refractivity contribution is 0.0981. The van der Waals surface area contributed by atoms with E-state index in [4.69, 9.17) is 0 Å². The lowest BCUT2D eigenvalue weighted by Crippen LogP contribution is -2.36. The Morgan fingerprint density at radius 2 is 1.63 bits per heavy atom. The molecular weight excluding hydrogens is 360 g/mol. The largest absolute Gasteiger partial charge is 0.305 e. The first-order valence-electron chi connectivity index (χ1n) is 9.50. The van der Waals surface area contributed by atoms with Gasteiger partial charge in [-0.15, -0.1) is 0 Å². The highest BCUT2D eigenvalue weighted by Gasteiger charge is 2.32. The van der Waals surface area contributed by atoms with Gasteiger partial charge in [-0.25, -0.2) is 8.42 Å². The summed E-state index contributed by atoms with van der Waals surface area (Å²) in [7, 11) is -3.47. The molecule has 2 aromatic carbocycles. The molecule has 0 radical (unpaired) electrons. The van der Waals surface area contributed by atoms with Crippen LogP contribution >= 0.6 is 0 Å². The Bertz CT molecular complexity index is 948. The molecule has 6 heteroatoms. The van der Waals surface area contributed by atoms with E-state index in [0.29, 0.717) is 18.7 Å². The average Bonchev–Trinajstić information content (AvgIpc) is 3.04. The summed E-state index contributed by atoms with van der Waals surface area (Å²) in [6.07, 6.45) is 3.72. The molecule has 27 heavy (non-hydrogen) atoms. The zero-order valence-corrected chi connectivity index (χ0v) is 16.3. The molecule has 2 aliphatic rings. The second-order valence-corrected chi connectivity index (χ2v) is 9.28. The summed E-state index contributed by atoms with van der Waals surface area (Å²) in [6, 6.07) is 14.4. The first-order valence-corrected chi connectivity index (χ1v) is 10.9. The third-order valence-electron chi connectivity index (χ3n) is 5.48. The van der Waals surface area contributed by atoms with Crippen molar-refractivity contribution in [2.45, 2.75) is 43.5 Å². The van der Waals surface area contributed by atoms with Crippen molar-refractivity contribution >= 4 is 21.6 Å². The maximum atomic E-state index is 13.0. The fourth-order valence-corrected chi connectivity index (χ4v) is 5.55. The molecule has 0 aliphatic carbocycles. The van der Waals surface area contributed by atoms with Gasteiger partial charge < -0.3 is 4.90 Å². The van der Waals surface area contributed by atoms with Crippen LogP contribution in [0.5, 0.6) is 0 Å². The van der Waals surface area contributed by atoms with Gasteiger partial charge in [0.15, 0.2) is 0 Å². The molecular formula is C21H24N2O3S. The number of nitrogens with zero attached hydrogens (tertiary/aromatic N) is 2. The van der Waals surface area contributed by atoms with E-state index in [1.807, 2.05) is 36.1 Å². The number of amides is 1. The normalized spacial score (nSPS) is 20.5. The highest BCUT2D eigenvalue weighted by atomic mass is 32.2. The van der Waals surface area contributed by atoms with Gasteiger partial charge >= 0.3 is 0 Å². The zero-order chi connectivity index (χ0) is 19.0. The van der Waals surface area contributed by atoms with Crippen LogP contribution in [0.3, 0.4) is 0 Å². The standard InChI is InChI=1S/C21H24N2O3S/c1-16-15-18-7-3-4-8-20(18)23(16)21(24)17-9-11-19(12-10-17)27(25,26)22-13-5-2-6-14-22/h3-4,7-12,16H,2,5-6,13-15H2,1H3/t16-/m1/s1. The molecule has 2 aromatic rings. The Morgan fingerprint density at radius 3 is 2.33 bits per heavy atom. The number of hydrogen-bond acceptors (Lipinski definition) is 3. The molecule has 0 unspecified atom stereocenters.